The van der Waals surface area contributed by atoms with Gasteiger partial charge in [0.05, 0.1) is 26.8 Å². The normalized spacial score (nSPS) is 14.4. The zero-order valence-corrected chi connectivity index (χ0v) is 29.5. The van der Waals surface area contributed by atoms with Crippen LogP contribution in [0.5, 0.6) is 0 Å². The molecule has 0 aliphatic rings. The highest BCUT2D eigenvalue weighted by atomic mass is 32.1. The molecule has 0 N–H and O–H groups in total. The fourth-order valence-electron chi connectivity index (χ4n) is 7.15. The van der Waals surface area contributed by atoms with E-state index in [0.29, 0.717) is 11.4 Å². The third-order valence-electron chi connectivity index (χ3n) is 9.69. The summed E-state index contributed by atoms with van der Waals surface area (Å²) >= 11 is 1.55. The Bertz CT molecular complexity index is 3560. The molecule has 0 saturated heterocycles. The maximum absolute atomic E-state index is 9.75. The van der Waals surface area contributed by atoms with Crippen molar-refractivity contribution in [2.75, 3.05) is 4.90 Å². The van der Waals surface area contributed by atoms with Gasteiger partial charge >= 0.3 is 0 Å². The van der Waals surface area contributed by atoms with Gasteiger partial charge in [0, 0.05) is 26.8 Å². The Hall–Kier alpha value is -6.74. The molecular weight excluding hydrogens is 671 g/mol. The van der Waals surface area contributed by atoms with Crippen LogP contribution >= 0.6 is 11.3 Å². The molecule has 0 fully saturated rings. The van der Waals surface area contributed by atoms with E-state index in [0.717, 1.165) is 53.2 Å². The summed E-state index contributed by atoms with van der Waals surface area (Å²) in [4.78, 5) is 1.80. The maximum Gasteiger partial charge on any atom is 0.0645 e. The topological polar surface area (TPSA) is 3.24 Å². The highest BCUT2D eigenvalue weighted by Gasteiger charge is 2.20. The van der Waals surface area contributed by atoms with Crippen molar-refractivity contribution >= 4 is 59.3 Å². The van der Waals surface area contributed by atoms with E-state index < -0.39 is 72.0 Å². The van der Waals surface area contributed by atoms with Gasteiger partial charge in [-0.2, -0.15) is 0 Å². The predicted molar refractivity (Wildman–Crippen MR) is 233 cm³/mol. The molecule has 1 aromatic heterocycles. The Morgan fingerprint density at radius 1 is 0.389 bits per heavy atom. The Kier molecular flexibility index (Phi) is 5.49. The molecule has 0 unspecified atom stereocenters. The van der Waals surface area contributed by atoms with Crippen molar-refractivity contribution < 1.29 is 16.4 Å². The molecule has 54 heavy (non-hydrogen) atoms. The lowest BCUT2D eigenvalue weighted by atomic mass is 9.93. The first-order valence-corrected chi connectivity index (χ1v) is 18.3. The largest absolute Gasteiger partial charge is 0.309 e. The second kappa shape index (κ2) is 13.7. The van der Waals surface area contributed by atoms with Crippen LogP contribution in [0.2, 0.25) is 0 Å². The standard InChI is InChI=1S/C52H35NS/c1-3-13-38(14-4-1)46-34-33-43(35-49(46)40-15-5-2-6-16-40)53(50-23-12-22-48-47-20-9-10-24-51(47)54-52(48)50)42-31-29-37(30-32-42)36-25-27-41(28-26-36)45-21-11-18-39-17-7-8-19-44(39)45/h1-35H/i1D,2D,3D,4D,5D,6D,13D,14D,15D,16D,33D,34D. The molecule has 0 aliphatic heterocycles. The summed E-state index contributed by atoms with van der Waals surface area (Å²) in [5.74, 6) is 0. The Balaban J connectivity index is 1.22. The Labute approximate surface area is 336 Å². The van der Waals surface area contributed by atoms with Crippen molar-refractivity contribution in [1.29, 1.82) is 0 Å². The number of fused-ring (bicyclic) bond motifs is 4. The zero-order valence-electron chi connectivity index (χ0n) is 40.6. The van der Waals surface area contributed by atoms with Gasteiger partial charge in [-0.15, -0.1) is 11.3 Å². The van der Waals surface area contributed by atoms with E-state index in [9.17, 15) is 2.74 Å². The average Bonchev–Trinajstić information content (AvgIpc) is 3.73. The fourth-order valence-corrected chi connectivity index (χ4v) is 8.36. The van der Waals surface area contributed by atoms with Crippen LogP contribution in [0.15, 0.2) is 212 Å². The predicted octanol–water partition coefficient (Wildman–Crippen LogP) is 15.3. The number of benzene rings is 9. The Morgan fingerprint density at radius 3 is 1.74 bits per heavy atom. The summed E-state index contributed by atoms with van der Waals surface area (Å²) in [5.41, 5.74) is 4.10. The first kappa shape index (κ1) is 21.7. The van der Waals surface area contributed by atoms with Crippen LogP contribution in [0.3, 0.4) is 0 Å². The van der Waals surface area contributed by atoms with E-state index in [2.05, 4.69) is 54.6 Å². The van der Waals surface area contributed by atoms with E-state index in [1.165, 1.54) is 6.07 Å². The second-order valence-corrected chi connectivity index (χ2v) is 13.9. The van der Waals surface area contributed by atoms with E-state index in [1.807, 2.05) is 78.9 Å². The van der Waals surface area contributed by atoms with Gasteiger partial charge in [-0.25, -0.2) is 0 Å². The SMILES string of the molecule is [2H]c1c(N(c2ccc(-c3ccc(-c4cccc5ccccc45)cc3)cc2)c2cccc3c2sc2ccccc23)cc(-c2c([2H])c([2H])c([2H])c([2H])c2[2H])c(-c2c([2H])c([2H])c([2H])c([2H])c2[2H])c1[2H]. The number of nitrogens with zero attached hydrogens (tertiary/aromatic N) is 1. The minimum atomic E-state index is -0.686. The molecule has 1 heterocycles. The van der Waals surface area contributed by atoms with Gasteiger partial charge in [0.2, 0.25) is 0 Å². The van der Waals surface area contributed by atoms with E-state index >= 15 is 0 Å². The van der Waals surface area contributed by atoms with Crippen LogP contribution < -0.4 is 4.90 Å². The molecule has 9 aromatic carbocycles. The zero-order chi connectivity index (χ0) is 46.3. The molecule has 0 atom stereocenters. The van der Waals surface area contributed by atoms with Gasteiger partial charge in [0.1, 0.15) is 0 Å². The quantitative estimate of drug-likeness (QED) is 0.159. The Morgan fingerprint density at radius 2 is 0.981 bits per heavy atom. The molecule has 254 valence electrons. The lowest BCUT2D eigenvalue weighted by molar-refractivity contribution is 1.30. The van der Waals surface area contributed by atoms with Gasteiger partial charge in [0.15, 0.2) is 0 Å². The summed E-state index contributed by atoms with van der Waals surface area (Å²) in [6.45, 7) is 0. The van der Waals surface area contributed by atoms with Crippen LogP contribution in [0.25, 0.3) is 75.5 Å². The minimum absolute atomic E-state index is 0.0927. The molecule has 0 amide bonds. The van der Waals surface area contributed by atoms with Gasteiger partial charge in [-0.3, -0.25) is 0 Å². The third kappa shape index (κ3) is 5.74. The molecule has 0 spiro atoms. The van der Waals surface area contributed by atoms with Crippen molar-refractivity contribution in [1.82, 2.24) is 0 Å². The second-order valence-electron chi connectivity index (χ2n) is 12.8. The highest BCUT2D eigenvalue weighted by Crippen LogP contribution is 2.46. The van der Waals surface area contributed by atoms with Crippen LogP contribution in [0.1, 0.15) is 16.4 Å². The smallest absolute Gasteiger partial charge is 0.0645 e. The molecule has 0 saturated carbocycles. The van der Waals surface area contributed by atoms with Crippen LogP contribution in [-0.2, 0) is 0 Å². The summed E-state index contributed by atoms with van der Waals surface area (Å²) in [5, 5.41) is 4.28. The van der Waals surface area contributed by atoms with Crippen molar-refractivity contribution in [3.05, 3.63) is 212 Å². The third-order valence-corrected chi connectivity index (χ3v) is 10.9. The molecule has 0 aliphatic carbocycles. The maximum atomic E-state index is 9.75. The molecule has 10 rings (SSSR count). The number of rotatable bonds is 7. The lowest BCUT2D eigenvalue weighted by Crippen LogP contribution is -2.10. The molecule has 0 radical (unpaired) electrons. The minimum Gasteiger partial charge on any atom is -0.309 e. The van der Waals surface area contributed by atoms with Gasteiger partial charge < -0.3 is 4.90 Å². The van der Waals surface area contributed by atoms with Crippen LogP contribution in [-0.4, -0.2) is 0 Å². The number of hydrogen-bond donors (Lipinski definition) is 0. The fraction of sp³-hybridized carbons (Fsp3) is 0. The van der Waals surface area contributed by atoms with Crippen LogP contribution in [0.4, 0.5) is 17.1 Å². The number of hydrogen-bond acceptors (Lipinski definition) is 2. The number of anilines is 3. The monoisotopic (exact) mass is 717 g/mol. The van der Waals surface area contributed by atoms with Crippen molar-refractivity contribution in [3.63, 3.8) is 0 Å². The summed E-state index contributed by atoms with van der Waals surface area (Å²) in [7, 11) is 0. The van der Waals surface area contributed by atoms with Gasteiger partial charge in [0.25, 0.3) is 0 Å². The molecular formula is C52H35NS. The highest BCUT2D eigenvalue weighted by molar-refractivity contribution is 7.26. The van der Waals surface area contributed by atoms with Gasteiger partial charge in [-0.05, 0) is 91.7 Å². The number of thiophene rings is 1. The van der Waals surface area contributed by atoms with E-state index in [1.54, 1.807) is 16.2 Å². The summed E-state index contributed by atoms with van der Waals surface area (Å²) in [6.07, 6.45) is 0. The summed E-state index contributed by atoms with van der Waals surface area (Å²) < 4.78 is 108. The molecule has 10 aromatic rings. The summed E-state index contributed by atoms with van der Waals surface area (Å²) in [6, 6.07) is 38.3. The molecule has 2 heteroatoms. The van der Waals surface area contributed by atoms with Crippen molar-refractivity contribution in [2.24, 2.45) is 0 Å². The van der Waals surface area contributed by atoms with Crippen molar-refractivity contribution in [3.8, 4) is 44.5 Å². The van der Waals surface area contributed by atoms with Gasteiger partial charge in [-0.1, -0.05) is 176 Å². The van der Waals surface area contributed by atoms with Crippen molar-refractivity contribution in [2.45, 2.75) is 0 Å². The lowest BCUT2D eigenvalue weighted by Gasteiger charge is -2.27. The van der Waals surface area contributed by atoms with E-state index in [-0.39, 0.29) is 28.4 Å². The first-order chi connectivity index (χ1) is 31.8. The first-order valence-electron chi connectivity index (χ1n) is 23.4. The molecule has 0 bridgehead atoms. The van der Waals surface area contributed by atoms with E-state index in [4.69, 9.17) is 13.7 Å². The molecule has 1 nitrogen and oxygen atoms in total. The van der Waals surface area contributed by atoms with Crippen LogP contribution in [0, 0.1) is 0 Å². The average molecular weight is 718 g/mol.